The molecule has 0 saturated carbocycles. The van der Waals surface area contributed by atoms with E-state index < -0.39 is 0 Å². The highest BCUT2D eigenvalue weighted by atomic mass is 16.2. The topological polar surface area (TPSA) is 25.2 Å². The summed E-state index contributed by atoms with van der Waals surface area (Å²) in [6.07, 6.45) is 7.34. The molecular formula is C17H30N2O. The average molecular weight is 278 g/mol. The van der Waals surface area contributed by atoms with Crippen molar-refractivity contribution in [2.24, 2.45) is 13.0 Å². The number of aryl methyl sites for hydroxylation is 1. The minimum absolute atomic E-state index is 0.196. The molecule has 0 aromatic carbocycles. The van der Waals surface area contributed by atoms with Crippen LogP contribution in [0.15, 0.2) is 18.3 Å². The van der Waals surface area contributed by atoms with Crippen molar-refractivity contribution in [2.75, 3.05) is 6.54 Å². The van der Waals surface area contributed by atoms with Crippen LogP contribution in [0.2, 0.25) is 0 Å². The lowest BCUT2D eigenvalue weighted by Gasteiger charge is -2.27. The maximum absolute atomic E-state index is 12.7. The minimum atomic E-state index is 0.196. The second-order valence-electron chi connectivity index (χ2n) is 5.62. The predicted octanol–water partition coefficient (Wildman–Crippen LogP) is 3.98. The second-order valence-corrected chi connectivity index (χ2v) is 5.62. The minimum Gasteiger partial charge on any atom is -0.353 e. The van der Waals surface area contributed by atoms with E-state index in [2.05, 4.69) is 31.4 Å². The molecule has 0 aliphatic carbocycles. The van der Waals surface area contributed by atoms with Crippen LogP contribution >= 0.6 is 0 Å². The zero-order valence-electron chi connectivity index (χ0n) is 13.6. The van der Waals surface area contributed by atoms with Gasteiger partial charge in [-0.2, -0.15) is 0 Å². The lowest BCUT2D eigenvalue weighted by atomic mass is 9.97. The van der Waals surface area contributed by atoms with E-state index in [0.29, 0.717) is 5.91 Å². The number of hydrogen-bond acceptors (Lipinski definition) is 1. The SMILES string of the molecule is CCCCC(CC)C(=O)N(CCC)Cc1cccn1C. The highest BCUT2D eigenvalue weighted by molar-refractivity contribution is 5.78. The molecular weight excluding hydrogens is 248 g/mol. The third-order valence-corrected chi connectivity index (χ3v) is 3.96. The van der Waals surface area contributed by atoms with Gasteiger partial charge in [-0.1, -0.05) is 33.6 Å². The van der Waals surface area contributed by atoms with Gasteiger partial charge in [0.05, 0.1) is 6.54 Å². The molecule has 0 aliphatic rings. The van der Waals surface area contributed by atoms with Gasteiger partial charge in [0.25, 0.3) is 0 Å². The summed E-state index contributed by atoms with van der Waals surface area (Å²) in [6, 6.07) is 4.14. The van der Waals surface area contributed by atoms with Gasteiger partial charge in [-0.15, -0.1) is 0 Å². The molecule has 0 aliphatic heterocycles. The molecule has 1 atom stereocenters. The summed E-state index contributed by atoms with van der Waals surface area (Å²) in [7, 11) is 2.04. The normalized spacial score (nSPS) is 12.4. The van der Waals surface area contributed by atoms with E-state index in [4.69, 9.17) is 0 Å². The van der Waals surface area contributed by atoms with E-state index in [1.54, 1.807) is 0 Å². The van der Waals surface area contributed by atoms with E-state index in [9.17, 15) is 4.79 Å². The molecule has 1 rings (SSSR count). The summed E-state index contributed by atoms with van der Waals surface area (Å²) in [5, 5.41) is 0. The smallest absolute Gasteiger partial charge is 0.226 e. The Balaban J connectivity index is 2.72. The van der Waals surface area contributed by atoms with Crippen molar-refractivity contribution in [2.45, 2.75) is 59.4 Å². The molecule has 0 fully saturated rings. The first-order valence-corrected chi connectivity index (χ1v) is 8.02. The summed E-state index contributed by atoms with van der Waals surface area (Å²) in [6.45, 7) is 8.04. The van der Waals surface area contributed by atoms with Crippen LogP contribution in [-0.2, 0) is 18.4 Å². The number of carbonyl (C=O) groups excluding carboxylic acids is 1. The molecule has 0 bridgehead atoms. The molecule has 3 heteroatoms. The standard InChI is InChI=1S/C17H30N2O/c1-5-8-10-15(7-3)17(20)19(12-6-2)14-16-11-9-13-18(16)4/h9,11,13,15H,5-8,10,12,14H2,1-4H3. The van der Waals surface area contributed by atoms with Crippen LogP contribution in [0.5, 0.6) is 0 Å². The molecule has 0 radical (unpaired) electrons. The van der Waals surface area contributed by atoms with Gasteiger partial charge in [-0.05, 0) is 31.4 Å². The lowest BCUT2D eigenvalue weighted by molar-refractivity contribution is -0.136. The Morgan fingerprint density at radius 1 is 1.30 bits per heavy atom. The van der Waals surface area contributed by atoms with Gasteiger partial charge < -0.3 is 9.47 Å². The molecule has 114 valence electrons. The number of rotatable bonds is 9. The summed E-state index contributed by atoms with van der Waals surface area (Å²) >= 11 is 0. The predicted molar refractivity (Wildman–Crippen MR) is 84.4 cm³/mol. The Kier molecular flexibility index (Phi) is 7.42. The number of unbranched alkanes of at least 4 members (excludes halogenated alkanes) is 1. The maximum atomic E-state index is 12.7. The van der Waals surface area contributed by atoms with Gasteiger partial charge in [-0.3, -0.25) is 4.79 Å². The van der Waals surface area contributed by atoms with Gasteiger partial charge >= 0.3 is 0 Å². The van der Waals surface area contributed by atoms with Crippen LogP contribution in [0.25, 0.3) is 0 Å². The largest absolute Gasteiger partial charge is 0.353 e. The maximum Gasteiger partial charge on any atom is 0.226 e. The molecule has 1 heterocycles. The molecule has 0 N–H and O–H groups in total. The first-order valence-electron chi connectivity index (χ1n) is 8.02. The Labute approximate surface area is 124 Å². The van der Waals surface area contributed by atoms with Crippen molar-refractivity contribution in [3.8, 4) is 0 Å². The van der Waals surface area contributed by atoms with Crippen LogP contribution in [0.4, 0.5) is 0 Å². The monoisotopic (exact) mass is 278 g/mol. The van der Waals surface area contributed by atoms with E-state index in [0.717, 1.165) is 45.2 Å². The number of nitrogens with zero attached hydrogens (tertiary/aromatic N) is 2. The van der Waals surface area contributed by atoms with Crippen molar-refractivity contribution >= 4 is 5.91 Å². The first kappa shape index (κ1) is 16.8. The average Bonchev–Trinajstić information content (AvgIpc) is 2.84. The summed E-state index contributed by atoms with van der Waals surface area (Å²) in [5.41, 5.74) is 1.21. The highest BCUT2D eigenvalue weighted by Gasteiger charge is 2.22. The van der Waals surface area contributed by atoms with Crippen molar-refractivity contribution in [3.63, 3.8) is 0 Å². The van der Waals surface area contributed by atoms with Crippen LogP contribution in [0.3, 0.4) is 0 Å². The number of hydrogen-bond donors (Lipinski definition) is 0. The molecule has 20 heavy (non-hydrogen) atoms. The summed E-state index contributed by atoms with van der Waals surface area (Å²) in [4.78, 5) is 14.8. The molecule has 1 aromatic heterocycles. The van der Waals surface area contributed by atoms with Crippen molar-refractivity contribution in [3.05, 3.63) is 24.0 Å². The van der Waals surface area contributed by atoms with Gasteiger partial charge in [-0.25, -0.2) is 0 Å². The Morgan fingerprint density at radius 2 is 2.05 bits per heavy atom. The van der Waals surface area contributed by atoms with Gasteiger partial charge in [0.2, 0.25) is 5.91 Å². The van der Waals surface area contributed by atoms with Gasteiger partial charge in [0, 0.05) is 31.4 Å². The molecule has 1 amide bonds. The fraction of sp³-hybridized carbons (Fsp3) is 0.706. The van der Waals surface area contributed by atoms with Crippen LogP contribution in [0.1, 0.15) is 58.6 Å². The van der Waals surface area contributed by atoms with Gasteiger partial charge in [0.15, 0.2) is 0 Å². The van der Waals surface area contributed by atoms with Gasteiger partial charge in [0.1, 0.15) is 0 Å². The zero-order valence-corrected chi connectivity index (χ0v) is 13.6. The third-order valence-electron chi connectivity index (χ3n) is 3.96. The molecule has 0 spiro atoms. The second kappa shape index (κ2) is 8.83. The van der Waals surface area contributed by atoms with Crippen LogP contribution in [0, 0.1) is 5.92 Å². The molecule has 1 unspecified atom stereocenters. The quantitative estimate of drug-likeness (QED) is 0.670. The van der Waals surface area contributed by atoms with Crippen LogP contribution in [-0.4, -0.2) is 21.9 Å². The van der Waals surface area contributed by atoms with E-state index >= 15 is 0 Å². The van der Waals surface area contributed by atoms with Crippen molar-refractivity contribution in [1.82, 2.24) is 9.47 Å². The fourth-order valence-electron chi connectivity index (χ4n) is 2.60. The summed E-state index contributed by atoms with van der Waals surface area (Å²) < 4.78 is 2.10. The van der Waals surface area contributed by atoms with E-state index in [1.807, 2.05) is 24.2 Å². The summed E-state index contributed by atoms with van der Waals surface area (Å²) in [5.74, 6) is 0.533. The zero-order chi connectivity index (χ0) is 15.0. The number of amides is 1. The number of carbonyl (C=O) groups is 1. The molecule has 0 saturated heterocycles. The van der Waals surface area contributed by atoms with Crippen molar-refractivity contribution < 1.29 is 4.79 Å². The highest BCUT2D eigenvalue weighted by Crippen LogP contribution is 2.18. The lowest BCUT2D eigenvalue weighted by Crippen LogP contribution is -2.36. The molecule has 3 nitrogen and oxygen atoms in total. The van der Waals surface area contributed by atoms with Crippen molar-refractivity contribution in [1.29, 1.82) is 0 Å². The third kappa shape index (κ3) is 4.69. The Hall–Kier alpha value is -1.25. The fourth-order valence-corrected chi connectivity index (χ4v) is 2.60. The Bertz CT molecular complexity index is 397. The number of aromatic nitrogens is 1. The Morgan fingerprint density at radius 3 is 2.55 bits per heavy atom. The molecule has 1 aromatic rings. The first-order chi connectivity index (χ1) is 9.63. The van der Waals surface area contributed by atoms with Crippen LogP contribution < -0.4 is 0 Å². The van der Waals surface area contributed by atoms with E-state index in [1.165, 1.54) is 5.69 Å². The van der Waals surface area contributed by atoms with E-state index in [-0.39, 0.29) is 5.92 Å².